The highest BCUT2D eigenvalue weighted by molar-refractivity contribution is 9.10. The number of carbonyl (C=O) groups is 2. The highest BCUT2D eigenvalue weighted by Gasteiger charge is 2.12. The number of carbonyl (C=O) groups excluding carboxylic acids is 1. The van der Waals surface area contributed by atoms with E-state index in [0.717, 1.165) is 4.47 Å². The molecule has 0 spiro atoms. The Balaban J connectivity index is 2.13. The number of hydrogen-bond acceptors (Lipinski definition) is 2. The number of halogens is 1. The van der Waals surface area contributed by atoms with E-state index >= 15 is 0 Å². The zero-order chi connectivity index (χ0) is 15.4. The molecule has 0 saturated heterocycles. The van der Waals surface area contributed by atoms with Gasteiger partial charge in [0.15, 0.2) is 0 Å². The summed E-state index contributed by atoms with van der Waals surface area (Å²) in [6, 6.07) is 11.5. The van der Waals surface area contributed by atoms with Crippen molar-refractivity contribution < 1.29 is 14.7 Å². The third-order valence-corrected chi connectivity index (χ3v) is 3.39. The molecule has 5 nitrogen and oxygen atoms in total. The van der Waals surface area contributed by atoms with Gasteiger partial charge in [-0.1, -0.05) is 28.1 Å². The first-order valence-corrected chi connectivity index (χ1v) is 6.93. The second-order valence-electron chi connectivity index (χ2n) is 4.37. The van der Waals surface area contributed by atoms with Crippen molar-refractivity contribution in [2.45, 2.75) is 6.92 Å². The van der Waals surface area contributed by atoms with Crippen molar-refractivity contribution in [3.8, 4) is 0 Å². The van der Waals surface area contributed by atoms with Crippen molar-refractivity contribution in [2.75, 3.05) is 10.6 Å². The molecule has 0 heterocycles. The molecular formula is C15H13BrN2O3. The van der Waals surface area contributed by atoms with Gasteiger partial charge in [-0.05, 0) is 42.8 Å². The summed E-state index contributed by atoms with van der Waals surface area (Å²) in [7, 11) is 0. The number of benzene rings is 2. The third-order valence-electron chi connectivity index (χ3n) is 2.89. The second-order valence-corrected chi connectivity index (χ2v) is 5.29. The van der Waals surface area contributed by atoms with Gasteiger partial charge in [0.25, 0.3) is 0 Å². The second kappa shape index (κ2) is 6.41. The van der Waals surface area contributed by atoms with Crippen molar-refractivity contribution in [3.05, 3.63) is 58.1 Å². The molecule has 6 heteroatoms. The summed E-state index contributed by atoms with van der Waals surface area (Å²) in [6.45, 7) is 1.65. The molecule has 0 aliphatic heterocycles. The minimum Gasteiger partial charge on any atom is -0.478 e. The number of nitrogens with one attached hydrogen (secondary N) is 2. The largest absolute Gasteiger partial charge is 0.478 e. The minimum absolute atomic E-state index is 0.162. The van der Waals surface area contributed by atoms with Gasteiger partial charge in [0.05, 0.1) is 5.56 Å². The van der Waals surface area contributed by atoms with E-state index in [1.165, 1.54) is 6.07 Å². The molecule has 3 N–H and O–H groups in total. The summed E-state index contributed by atoms with van der Waals surface area (Å²) in [6.07, 6.45) is 0. The van der Waals surface area contributed by atoms with Crippen LogP contribution in [0.5, 0.6) is 0 Å². The van der Waals surface area contributed by atoms with E-state index in [-0.39, 0.29) is 5.56 Å². The number of aromatic carboxylic acids is 1. The normalized spacial score (nSPS) is 10.0. The van der Waals surface area contributed by atoms with Gasteiger partial charge in [0.2, 0.25) is 0 Å². The quantitative estimate of drug-likeness (QED) is 0.781. The van der Waals surface area contributed by atoms with Gasteiger partial charge < -0.3 is 15.7 Å². The van der Waals surface area contributed by atoms with Crippen LogP contribution in [0.3, 0.4) is 0 Å². The molecule has 2 rings (SSSR count). The van der Waals surface area contributed by atoms with Crippen LogP contribution in [0, 0.1) is 6.92 Å². The lowest BCUT2D eigenvalue weighted by molar-refractivity contribution is 0.0696. The molecule has 0 fully saturated rings. The summed E-state index contributed by atoms with van der Waals surface area (Å²) in [4.78, 5) is 23.0. The van der Waals surface area contributed by atoms with Gasteiger partial charge in [-0.15, -0.1) is 0 Å². The first-order valence-electron chi connectivity index (χ1n) is 6.14. The monoisotopic (exact) mass is 348 g/mol. The van der Waals surface area contributed by atoms with Crippen molar-refractivity contribution >= 4 is 39.3 Å². The summed E-state index contributed by atoms with van der Waals surface area (Å²) >= 11 is 3.32. The Morgan fingerprint density at radius 3 is 2.48 bits per heavy atom. The summed E-state index contributed by atoms with van der Waals surface area (Å²) in [5.41, 5.74) is 1.76. The standard InChI is InChI=1S/C15H13BrN2O3/c1-9-12(14(19)20)6-3-7-13(9)18-15(21)17-11-5-2-4-10(16)8-11/h2-8H,1H3,(H,19,20)(H2,17,18,21). The number of carboxylic acids is 1. The van der Waals surface area contributed by atoms with Crippen LogP contribution >= 0.6 is 15.9 Å². The average molecular weight is 349 g/mol. The van der Waals surface area contributed by atoms with Crippen LogP contribution in [0.2, 0.25) is 0 Å². The van der Waals surface area contributed by atoms with Gasteiger partial charge in [-0.3, -0.25) is 0 Å². The Labute approximate surface area is 130 Å². The van der Waals surface area contributed by atoms with Crippen LogP contribution in [0.15, 0.2) is 46.9 Å². The van der Waals surface area contributed by atoms with Crippen LogP contribution in [0.1, 0.15) is 15.9 Å². The SMILES string of the molecule is Cc1c(NC(=O)Nc2cccc(Br)c2)cccc1C(=O)O. The first kappa shape index (κ1) is 15.1. The summed E-state index contributed by atoms with van der Waals surface area (Å²) < 4.78 is 0.851. The summed E-state index contributed by atoms with van der Waals surface area (Å²) in [5, 5.41) is 14.4. The fourth-order valence-electron chi connectivity index (χ4n) is 1.85. The first-order chi connectivity index (χ1) is 9.97. The molecular weight excluding hydrogens is 336 g/mol. The van der Waals surface area contributed by atoms with Crippen molar-refractivity contribution in [3.63, 3.8) is 0 Å². The van der Waals surface area contributed by atoms with E-state index in [1.807, 2.05) is 6.07 Å². The molecule has 0 unspecified atom stereocenters. The number of amides is 2. The van der Waals surface area contributed by atoms with E-state index in [4.69, 9.17) is 5.11 Å². The molecule has 0 atom stereocenters. The molecule has 2 aromatic carbocycles. The maximum Gasteiger partial charge on any atom is 0.336 e. The fourth-order valence-corrected chi connectivity index (χ4v) is 2.25. The molecule has 0 saturated carbocycles. The van der Waals surface area contributed by atoms with Crippen molar-refractivity contribution in [1.82, 2.24) is 0 Å². The molecule has 108 valence electrons. The van der Waals surface area contributed by atoms with E-state index < -0.39 is 12.0 Å². The number of carboxylic acid groups (broad SMARTS) is 1. The van der Waals surface area contributed by atoms with E-state index in [9.17, 15) is 9.59 Å². The number of rotatable bonds is 3. The highest BCUT2D eigenvalue weighted by Crippen LogP contribution is 2.20. The van der Waals surface area contributed by atoms with E-state index in [0.29, 0.717) is 16.9 Å². The smallest absolute Gasteiger partial charge is 0.336 e. The Hall–Kier alpha value is -2.34. The molecule has 0 bridgehead atoms. The summed E-state index contributed by atoms with van der Waals surface area (Å²) in [5.74, 6) is -1.02. The third kappa shape index (κ3) is 3.82. The van der Waals surface area contributed by atoms with Gasteiger partial charge in [0, 0.05) is 15.8 Å². The van der Waals surface area contributed by atoms with Crippen LogP contribution < -0.4 is 10.6 Å². The fraction of sp³-hybridized carbons (Fsp3) is 0.0667. The Kier molecular flexibility index (Phi) is 4.59. The topological polar surface area (TPSA) is 78.4 Å². The lowest BCUT2D eigenvalue weighted by Crippen LogP contribution is -2.20. The van der Waals surface area contributed by atoms with Crippen LogP contribution in [0.25, 0.3) is 0 Å². The number of urea groups is 1. The van der Waals surface area contributed by atoms with Crippen LogP contribution in [0.4, 0.5) is 16.2 Å². The lowest BCUT2D eigenvalue weighted by atomic mass is 10.1. The molecule has 21 heavy (non-hydrogen) atoms. The maximum absolute atomic E-state index is 11.9. The van der Waals surface area contributed by atoms with Crippen molar-refractivity contribution in [1.29, 1.82) is 0 Å². The lowest BCUT2D eigenvalue weighted by Gasteiger charge is -2.11. The van der Waals surface area contributed by atoms with Gasteiger partial charge in [-0.2, -0.15) is 0 Å². The van der Waals surface area contributed by atoms with E-state index in [1.54, 1.807) is 37.3 Å². The van der Waals surface area contributed by atoms with Crippen molar-refractivity contribution in [2.24, 2.45) is 0 Å². The van der Waals surface area contributed by atoms with E-state index in [2.05, 4.69) is 26.6 Å². The minimum atomic E-state index is -1.02. The van der Waals surface area contributed by atoms with Crippen LogP contribution in [-0.4, -0.2) is 17.1 Å². The molecule has 0 aromatic heterocycles. The molecule has 2 aromatic rings. The predicted molar refractivity (Wildman–Crippen MR) is 84.9 cm³/mol. The molecule has 0 aliphatic rings. The Morgan fingerprint density at radius 1 is 1.10 bits per heavy atom. The Morgan fingerprint density at radius 2 is 1.81 bits per heavy atom. The number of anilines is 2. The van der Waals surface area contributed by atoms with Gasteiger partial charge in [-0.25, -0.2) is 9.59 Å². The average Bonchev–Trinajstić information content (AvgIpc) is 2.40. The highest BCUT2D eigenvalue weighted by atomic mass is 79.9. The zero-order valence-corrected chi connectivity index (χ0v) is 12.8. The number of hydrogen-bond donors (Lipinski definition) is 3. The van der Waals surface area contributed by atoms with Gasteiger partial charge in [0.1, 0.15) is 0 Å². The maximum atomic E-state index is 11.9. The predicted octanol–water partition coefficient (Wildman–Crippen LogP) is 4.10. The molecule has 2 amide bonds. The van der Waals surface area contributed by atoms with Gasteiger partial charge >= 0.3 is 12.0 Å². The molecule has 0 aliphatic carbocycles. The Bertz CT molecular complexity index is 701. The molecule has 0 radical (unpaired) electrons. The zero-order valence-electron chi connectivity index (χ0n) is 11.2. The van der Waals surface area contributed by atoms with Crippen LogP contribution in [-0.2, 0) is 0 Å².